The molecule has 2 N–H and O–H groups in total. The number of aliphatic hydroxyl groups is 1. The lowest BCUT2D eigenvalue weighted by molar-refractivity contribution is 0.0344. The summed E-state index contributed by atoms with van der Waals surface area (Å²) in [4.78, 5) is 17.3. The summed E-state index contributed by atoms with van der Waals surface area (Å²) in [5, 5.41) is 9.97. The van der Waals surface area contributed by atoms with Crippen LogP contribution in [0.25, 0.3) is 0 Å². The normalized spacial score (nSPS) is 17.4. The van der Waals surface area contributed by atoms with Crippen LogP contribution < -0.4 is 14.2 Å². The van der Waals surface area contributed by atoms with Crippen LogP contribution in [0.4, 0.5) is 10.1 Å². The van der Waals surface area contributed by atoms with Crippen LogP contribution in [0, 0.1) is 11.7 Å². The van der Waals surface area contributed by atoms with Crippen molar-refractivity contribution < 1.29 is 32.2 Å². The first-order valence-electron chi connectivity index (χ1n) is 15.0. The van der Waals surface area contributed by atoms with Gasteiger partial charge in [0, 0.05) is 25.6 Å². The fraction of sp³-hybridized carbons (Fsp3) is 0.286. The highest BCUT2D eigenvalue weighted by atomic mass is 32.2. The molecule has 0 bridgehead atoms. The Morgan fingerprint density at radius 1 is 1.00 bits per heavy atom. The lowest BCUT2D eigenvalue weighted by Crippen LogP contribution is -2.49. The number of aliphatic hydroxyl groups excluding tert-OH is 1. The Bertz CT molecular complexity index is 1740. The van der Waals surface area contributed by atoms with E-state index in [4.69, 9.17) is 9.47 Å². The summed E-state index contributed by atoms with van der Waals surface area (Å²) in [6.45, 7) is 4.88. The largest absolute Gasteiger partial charge is 0.486 e. The van der Waals surface area contributed by atoms with Crippen LogP contribution >= 0.6 is 0 Å². The number of para-hydroxylation sites is 2. The van der Waals surface area contributed by atoms with Gasteiger partial charge in [-0.2, -0.15) is 0 Å². The lowest BCUT2D eigenvalue weighted by Gasteiger charge is -2.38. The molecule has 242 valence electrons. The third-order valence-electron chi connectivity index (χ3n) is 7.91. The molecular formula is C35H38FN3O6S. The number of hydrogen-bond acceptors (Lipinski definition) is 7. The van der Waals surface area contributed by atoms with Crippen molar-refractivity contribution >= 4 is 21.6 Å². The predicted molar refractivity (Wildman–Crippen MR) is 174 cm³/mol. The number of amides is 1. The van der Waals surface area contributed by atoms with Crippen molar-refractivity contribution in [2.45, 2.75) is 37.4 Å². The van der Waals surface area contributed by atoms with Gasteiger partial charge in [-0.25, -0.2) is 12.8 Å². The summed E-state index contributed by atoms with van der Waals surface area (Å²) in [7, 11) is -2.17. The quantitative estimate of drug-likeness (QED) is 0.213. The molecule has 0 aromatic heterocycles. The fourth-order valence-electron chi connectivity index (χ4n) is 5.33. The molecule has 11 heteroatoms. The van der Waals surface area contributed by atoms with E-state index >= 15 is 0 Å². The molecule has 1 aliphatic heterocycles. The second kappa shape index (κ2) is 14.3. The number of carbonyl (C=O) groups is 1. The number of ether oxygens (including phenoxy) is 2. The minimum atomic E-state index is -4.14. The molecule has 9 nitrogen and oxygen atoms in total. The van der Waals surface area contributed by atoms with Crippen LogP contribution in [-0.4, -0.2) is 68.1 Å². The van der Waals surface area contributed by atoms with Crippen molar-refractivity contribution in [2.24, 2.45) is 5.92 Å². The average Bonchev–Trinajstić information content (AvgIpc) is 3.04. The van der Waals surface area contributed by atoms with Crippen LogP contribution in [0.2, 0.25) is 0 Å². The molecule has 0 unspecified atom stereocenters. The summed E-state index contributed by atoms with van der Waals surface area (Å²) < 4.78 is 55.0. The van der Waals surface area contributed by atoms with E-state index in [2.05, 4.69) is 9.62 Å². The molecule has 0 fully saturated rings. The number of sulfonamides is 1. The second-order valence-corrected chi connectivity index (χ2v) is 13.3. The summed E-state index contributed by atoms with van der Waals surface area (Å²) >= 11 is 0. The van der Waals surface area contributed by atoms with Crippen molar-refractivity contribution in [1.29, 1.82) is 0 Å². The number of benzene rings is 4. The Labute approximate surface area is 269 Å². The van der Waals surface area contributed by atoms with Gasteiger partial charge in [0.25, 0.3) is 15.9 Å². The summed E-state index contributed by atoms with van der Waals surface area (Å²) in [5.41, 5.74) is 1.32. The van der Waals surface area contributed by atoms with Crippen molar-refractivity contribution in [3.63, 3.8) is 0 Å². The van der Waals surface area contributed by atoms with Gasteiger partial charge in [0.1, 0.15) is 23.4 Å². The summed E-state index contributed by atoms with van der Waals surface area (Å²) in [5.74, 6) is 0.455. The standard InChI is InChI=1S/C35H38FN3O6S/c1-24-20-39(25(2)23-40)35(41)31-10-7-11-32(37-46(42,43)30-18-14-27(36)15-19-30)34(31)45-33(24)22-38(3)21-26-12-16-29(17-13-26)44-28-8-5-4-6-9-28/h4-19,24-25,33,37,40H,20-23H2,1-3H3/t24-,25-,33+/m0/s1. The minimum Gasteiger partial charge on any atom is -0.486 e. The molecule has 4 aromatic carbocycles. The zero-order valence-corrected chi connectivity index (χ0v) is 26.8. The topological polar surface area (TPSA) is 108 Å². The lowest BCUT2D eigenvalue weighted by atomic mass is 9.99. The van der Waals surface area contributed by atoms with E-state index in [1.807, 2.05) is 68.6 Å². The second-order valence-electron chi connectivity index (χ2n) is 11.6. The van der Waals surface area contributed by atoms with Gasteiger partial charge in [0.05, 0.1) is 28.8 Å². The molecule has 0 aliphatic carbocycles. The van der Waals surface area contributed by atoms with Gasteiger partial charge in [-0.3, -0.25) is 14.4 Å². The Morgan fingerprint density at radius 2 is 1.67 bits per heavy atom. The zero-order chi connectivity index (χ0) is 32.8. The van der Waals surface area contributed by atoms with Gasteiger partial charge in [-0.15, -0.1) is 0 Å². The summed E-state index contributed by atoms with van der Waals surface area (Å²) in [6, 6.07) is 26.1. The van der Waals surface area contributed by atoms with Crippen molar-refractivity contribution in [1.82, 2.24) is 9.80 Å². The van der Waals surface area contributed by atoms with Crippen LogP contribution in [-0.2, 0) is 16.6 Å². The molecule has 0 spiro atoms. The highest BCUT2D eigenvalue weighted by Crippen LogP contribution is 2.36. The maximum Gasteiger partial charge on any atom is 0.262 e. The molecule has 46 heavy (non-hydrogen) atoms. The van der Waals surface area contributed by atoms with Gasteiger partial charge < -0.3 is 19.5 Å². The van der Waals surface area contributed by atoms with Crippen LogP contribution in [0.1, 0.15) is 29.8 Å². The Balaban J connectivity index is 1.39. The Morgan fingerprint density at radius 3 is 2.35 bits per heavy atom. The van der Waals surface area contributed by atoms with Crippen molar-refractivity contribution in [2.75, 3.05) is 31.5 Å². The third-order valence-corrected chi connectivity index (χ3v) is 9.29. The van der Waals surface area contributed by atoms with E-state index in [9.17, 15) is 22.7 Å². The molecule has 1 aliphatic rings. The highest BCUT2D eigenvalue weighted by Gasteiger charge is 2.35. The number of nitrogens with zero attached hydrogens (tertiary/aromatic N) is 2. The molecular weight excluding hydrogens is 609 g/mol. The van der Waals surface area contributed by atoms with E-state index in [1.165, 1.54) is 18.2 Å². The fourth-order valence-corrected chi connectivity index (χ4v) is 6.39. The maximum absolute atomic E-state index is 13.8. The smallest absolute Gasteiger partial charge is 0.262 e. The SMILES string of the molecule is C[C@H]1CN([C@@H](C)CO)C(=O)c2cccc(NS(=O)(=O)c3ccc(F)cc3)c2O[C@@H]1CN(C)Cc1ccc(Oc2ccccc2)cc1. The molecule has 0 radical (unpaired) electrons. The van der Waals surface area contributed by atoms with E-state index in [-0.39, 0.29) is 40.3 Å². The number of rotatable bonds is 11. The van der Waals surface area contributed by atoms with Crippen LogP contribution in [0.5, 0.6) is 17.2 Å². The number of anilines is 1. The number of hydrogen-bond donors (Lipinski definition) is 2. The molecule has 5 rings (SSSR count). The first-order valence-corrected chi connectivity index (χ1v) is 16.5. The number of carbonyl (C=O) groups excluding carboxylic acids is 1. The Kier molecular flexibility index (Phi) is 10.3. The highest BCUT2D eigenvalue weighted by molar-refractivity contribution is 7.92. The summed E-state index contributed by atoms with van der Waals surface area (Å²) in [6.07, 6.45) is -0.456. The van der Waals surface area contributed by atoms with E-state index in [0.29, 0.717) is 19.6 Å². The number of likely N-dealkylation sites (N-methyl/N-ethyl adjacent to an activating group) is 1. The maximum atomic E-state index is 13.8. The monoisotopic (exact) mass is 647 g/mol. The molecule has 3 atom stereocenters. The first-order chi connectivity index (χ1) is 22.0. The Hall–Kier alpha value is -4.45. The number of halogens is 1. The first kappa shape index (κ1) is 32.9. The van der Waals surface area contributed by atoms with Gasteiger partial charge in [-0.1, -0.05) is 43.3 Å². The van der Waals surface area contributed by atoms with Gasteiger partial charge in [-0.05, 0) is 80.2 Å². The number of nitrogens with one attached hydrogen (secondary N) is 1. The third kappa shape index (κ3) is 7.85. The zero-order valence-electron chi connectivity index (χ0n) is 26.0. The van der Waals surface area contributed by atoms with Crippen LogP contribution in [0.15, 0.2) is 102 Å². The van der Waals surface area contributed by atoms with Gasteiger partial charge in [0.2, 0.25) is 0 Å². The van der Waals surface area contributed by atoms with Gasteiger partial charge in [0.15, 0.2) is 5.75 Å². The molecule has 1 heterocycles. The minimum absolute atomic E-state index is 0.0857. The average molecular weight is 648 g/mol. The van der Waals surface area contributed by atoms with Gasteiger partial charge >= 0.3 is 0 Å². The predicted octanol–water partition coefficient (Wildman–Crippen LogP) is 5.77. The van der Waals surface area contributed by atoms with Crippen molar-refractivity contribution in [3.8, 4) is 17.2 Å². The van der Waals surface area contributed by atoms with E-state index in [1.54, 1.807) is 24.0 Å². The molecule has 4 aromatic rings. The van der Waals surface area contributed by atoms with Crippen LogP contribution in [0.3, 0.4) is 0 Å². The molecule has 0 saturated heterocycles. The number of fused-ring (bicyclic) bond motifs is 1. The molecule has 1 amide bonds. The van der Waals surface area contributed by atoms with E-state index in [0.717, 1.165) is 29.2 Å². The van der Waals surface area contributed by atoms with E-state index < -0.39 is 28.0 Å². The van der Waals surface area contributed by atoms with Crippen molar-refractivity contribution in [3.05, 3.63) is 114 Å². The molecule has 0 saturated carbocycles.